The highest BCUT2D eigenvalue weighted by molar-refractivity contribution is 7.90. The summed E-state index contributed by atoms with van der Waals surface area (Å²) in [6, 6.07) is 13.3. The van der Waals surface area contributed by atoms with E-state index in [2.05, 4.69) is 28.9 Å². The Morgan fingerprint density at radius 1 is 1.26 bits per heavy atom. The minimum Gasteiger partial charge on any atom is -0.489 e. The third-order valence-electron chi connectivity index (χ3n) is 5.77. The molecular weight excluding hydrogens is 515 g/mol. The van der Waals surface area contributed by atoms with Gasteiger partial charge in [0.15, 0.2) is 15.7 Å². The average molecular weight is 541 g/mol. The van der Waals surface area contributed by atoms with E-state index in [-0.39, 0.29) is 29.1 Å². The van der Waals surface area contributed by atoms with Crippen LogP contribution in [0.3, 0.4) is 0 Å². The fourth-order valence-corrected chi connectivity index (χ4v) is 6.21. The molecule has 0 spiro atoms. The van der Waals surface area contributed by atoms with Gasteiger partial charge in [0.05, 0.1) is 17.0 Å². The Morgan fingerprint density at radius 2 is 1.91 bits per heavy atom. The van der Waals surface area contributed by atoms with E-state index in [4.69, 9.17) is 26.2 Å². The summed E-state index contributed by atoms with van der Waals surface area (Å²) in [6.07, 6.45) is 1.45. The number of hydrogen-bond acceptors (Lipinski definition) is 7. The second-order valence-corrected chi connectivity index (χ2v) is 11.0. The fourth-order valence-electron chi connectivity index (χ4n) is 3.93. The number of carboxylic acid groups (broad SMARTS) is 1. The van der Waals surface area contributed by atoms with Crippen molar-refractivity contribution in [2.24, 2.45) is 0 Å². The van der Waals surface area contributed by atoms with Crippen molar-refractivity contribution in [3.8, 4) is 5.75 Å². The van der Waals surface area contributed by atoms with Crippen LogP contribution >= 0.6 is 22.9 Å². The number of benzene rings is 2. The minimum atomic E-state index is -3.91. The lowest BCUT2D eigenvalue weighted by atomic mass is 10.0. The summed E-state index contributed by atoms with van der Waals surface area (Å²) in [4.78, 5) is 14.3. The van der Waals surface area contributed by atoms with E-state index in [1.165, 1.54) is 34.5 Å². The number of halogens is 2. The molecule has 7 nitrogen and oxygen atoms in total. The van der Waals surface area contributed by atoms with Crippen LogP contribution in [-0.4, -0.2) is 49.1 Å². The molecule has 1 aliphatic heterocycles. The van der Waals surface area contributed by atoms with Gasteiger partial charge in [-0.2, -0.15) is 0 Å². The summed E-state index contributed by atoms with van der Waals surface area (Å²) >= 11 is 7.46. The fraction of sp³-hybridized carbons (Fsp3) is 0.333. The number of nitrogens with zero attached hydrogens (tertiary/aromatic N) is 2. The number of sulfone groups is 1. The molecule has 1 saturated heterocycles. The van der Waals surface area contributed by atoms with Crippen LogP contribution in [0.4, 0.5) is 4.39 Å². The highest BCUT2D eigenvalue weighted by atomic mass is 35.5. The second-order valence-electron chi connectivity index (χ2n) is 7.97. The molecule has 3 aromatic rings. The van der Waals surface area contributed by atoms with Crippen LogP contribution in [-0.2, 0) is 20.4 Å². The summed E-state index contributed by atoms with van der Waals surface area (Å²) in [5.41, 5.74) is 3.19. The van der Waals surface area contributed by atoms with Crippen LogP contribution in [0, 0.1) is 5.82 Å². The van der Waals surface area contributed by atoms with Crippen LogP contribution in [0.2, 0.25) is 5.02 Å². The second kappa shape index (κ2) is 12.4. The summed E-state index contributed by atoms with van der Waals surface area (Å²) in [5, 5.41) is 8.21. The number of thiazole rings is 1. The van der Waals surface area contributed by atoms with Gasteiger partial charge in [-0.25, -0.2) is 17.8 Å². The predicted molar refractivity (Wildman–Crippen MR) is 133 cm³/mol. The predicted octanol–water partition coefficient (Wildman–Crippen LogP) is 5.21. The van der Waals surface area contributed by atoms with E-state index in [0.29, 0.717) is 11.7 Å². The Kier molecular flexibility index (Phi) is 9.62. The summed E-state index contributed by atoms with van der Waals surface area (Å²) in [6.45, 7) is 3.63. The molecular formula is C24H26ClFN2O5S2. The van der Waals surface area contributed by atoms with Crippen molar-refractivity contribution in [3.05, 3.63) is 75.5 Å². The highest BCUT2D eigenvalue weighted by Gasteiger charge is 2.28. The van der Waals surface area contributed by atoms with E-state index in [0.717, 1.165) is 25.9 Å². The van der Waals surface area contributed by atoms with Gasteiger partial charge >= 0.3 is 0 Å². The zero-order chi connectivity index (χ0) is 25.4. The number of aromatic nitrogens is 1. The molecule has 0 radical (unpaired) electrons. The lowest BCUT2D eigenvalue weighted by Gasteiger charge is -2.36. The molecule has 0 bridgehead atoms. The van der Waals surface area contributed by atoms with Crippen LogP contribution < -0.4 is 4.74 Å². The molecule has 0 unspecified atom stereocenters. The van der Waals surface area contributed by atoms with Gasteiger partial charge in [0.25, 0.3) is 6.47 Å². The van der Waals surface area contributed by atoms with Crippen molar-refractivity contribution in [3.63, 3.8) is 0 Å². The van der Waals surface area contributed by atoms with Crippen LogP contribution in [0.1, 0.15) is 37.1 Å². The van der Waals surface area contributed by atoms with Crippen molar-refractivity contribution >= 4 is 39.2 Å². The standard InChI is InChI=1S/C23H24ClFN2O3S2.CH2O2/c1-16(17-5-3-2-4-6-17)27-11-9-19(10-12-27)30-20-7-8-21(23(25)22(20)24)32(28,29)14-18-13-31-15-26-18;2-1-3/h2-8,13,15-16,19H,9-12,14H2,1H3;1H,(H,2,3)/t16-;/m1./s1. The molecule has 0 amide bonds. The van der Waals surface area contributed by atoms with Crippen molar-refractivity contribution in [1.82, 2.24) is 9.88 Å². The molecule has 1 aliphatic rings. The van der Waals surface area contributed by atoms with Crippen LogP contribution in [0.15, 0.2) is 58.3 Å². The van der Waals surface area contributed by atoms with E-state index >= 15 is 0 Å². The van der Waals surface area contributed by atoms with Gasteiger partial charge < -0.3 is 9.84 Å². The quantitative estimate of drug-likeness (QED) is 0.411. The summed E-state index contributed by atoms with van der Waals surface area (Å²) in [7, 11) is -3.91. The Labute approximate surface area is 213 Å². The zero-order valence-electron chi connectivity index (χ0n) is 19.0. The molecule has 1 aromatic heterocycles. The normalized spacial score (nSPS) is 15.6. The molecule has 1 atom stereocenters. The van der Waals surface area contributed by atoms with E-state index < -0.39 is 20.5 Å². The Balaban J connectivity index is 0.00000108. The lowest BCUT2D eigenvalue weighted by Crippen LogP contribution is -2.39. The SMILES string of the molecule is C[C@H](c1ccccc1)N1CCC(Oc2ccc(S(=O)(=O)Cc3cscn3)c(F)c2Cl)CC1.O=CO. The van der Waals surface area contributed by atoms with Gasteiger partial charge in [0.2, 0.25) is 0 Å². The number of rotatable bonds is 7. The number of ether oxygens (including phenoxy) is 1. The summed E-state index contributed by atoms with van der Waals surface area (Å²) in [5.74, 6) is -1.18. The van der Waals surface area contributed by atoms with Crippen LogP contribution in [0.25, 0.3) is 0 Å². The van der Waals surface area contributed by atoms with E-state index in [1.54, 1.807) is 5.38 Å². The zero-order valence-corrected chi connectivity index (χ0v) is 21.4. The maximum Gasteiger partial charge on any atom is 0.290 e. The van der Waals surface area contributed by atoms with Gasteiger partial charge in [0, 0.05) is 24.5 Å². The van der Waals surface area contributed by atoms with Crippen molar-refractivity contribution in [1.29, 1.82) is 0 Å². The summed E-state index contributed by atoms with van der Waals surface area (Å²) < 4.78 is 46.1. The van der Waals surface area contributed by atoms with Crippen LogP contribution in [0.5, 0.6) is 5.75 Å². The average Bonchev–Trinajstić information content (AvgIpc) is 3.35. The first kappa shape index (κ1) is 27.1. The maximum absolute atomic E-state index is 14.9. The smallest absolute Gasteiger partial charge is 0.290 e. The molecule has 2 heterocycles. The number of likely N-dealkylation sites (tertiary alicyclic amines) is 1. The first-order valence-corrected chi connectivity index (χ1v) is 13.9. The molecule has 4 rings (SSSR count). The topological polar surface area (TPSA) is 96.8 Å². The first-order chi connectivity index (χ1) is 16.8. The number of piperidine rings is 1. The molecule has 2 aromatic carbocycles. The molecule has 1 fully saturated rings. The minimum absolute atomic E-state index is 0.108. The first-order valence-electron chi connectivity index (χ1n) is 10.9. The Hall–Kier alpha value is -2.53. The maximum atomic E-state index is 14.9. The monoisotopic (exact) mass is 540 g/mol. The molecule has 1 N–H and O–H groups in total. The molecule has 188 valence electrons. The van der Waals surface area contributed by atoms with Gasteiger partial charge in [-0.3, -0.25) is 9.69 Å². The Bertz CT molecular complexity index is 1200. The third kappa shape index (κ3) is 7.00. The lowest BCUT2D eigenvalue weighted by molar-refractivity contribution is -0.122. The largest absolute Gasteiger partial charge is 0.489 e. The third-order valence-corrected chi connectivity index (χ3v) is 8.42. The molecule has 0 saturated carbocycles. The van der Waals surface area contributed by atoms with Gasteiger partial charge in [-0.1, -0.05) is 41.9 Å². The highest BCUT2D eigenvalue weighted by Crippen LogP contribution is 2.35. The van der Waals surface area contributed by atoms with Crippen molar-refractivity contribution in [2.75, 3.05) is 13.1 Å². The number of hydrogen-bond donors (Lipinski definition) is 1. The van der Waals surface area contributed by atoms with Crippen molar-refractivity contribution in [2.45, 2.75) is 42.6 Å². The molecule has 0 aliphatic carbocycles. The van der Waals surface area contributed by atoms with Gasteiger partial charge in [-0.15, -0.1) is 11.3 Å². The number of carbonyl (C=O) groups is 1. The van der Waals surface area contributed by atoms with Crippen molar-refractivity contribution < 1.29 is 27.4 Å². The molecule has 11 heteroatoms. The van der Waals surface area contributed by atoms with E-state index in [1.807, 2.05) is 18.2 Å². The van der Waals surface area contributed by atoms with Gasteiger partial charge in [0.1, 0.15) is 21.8 Å². The Morgan fingerprint density at radius 3 is 2.51 bits per heavy atom. The molecule has 35 heavy (non-hydrogen) atoms. The van der Waals surface area contributed by atoms with Gasteiger partial charge in [-0.05, 0) is 37.5 Å². The van der Waals surface area contributed by atoms with E-state index in [9.17, 15) is 12.8 Å².